The Hall–Kier alpha value is -0.0900. The highest BCUT2D eigenvalue weighted by Crippen LogP contribution is 2.30. The average molecular weight is 219 g/mol. The molecule has 1 aliphatic carbocycles. The molecule has 14 heavy (non-hydrogen) atoms. The minimum Gasteiger partial charge on any atom is -0.325 e. The fourth-order valence-corrected chi connectivity index (χ4v) is 3.07. The fourth-order valence-electron chi connectivity index (χ4n) is 1.91. The van der Waals surface area contributed by atoms with Crippen molar-refractivity contribution in [1.29, 1.82) is 0 Å². The molecule has 84 valence electrons. The van der Waals surface area contributed by atoms with Gasteiger partial charge in [0.15, 0.2) is 9.84 Å². The Balaban J connectivity index is 2.48. The number of hydrogen-bond donors (Lipinski definition) is 1. The predicted octanol–water partition coefficient (Wildman–Crippen LogP) is 1.47. The first-order valence-corrected chi connectivity index (χ1v) is 7.08. The summed E-state index contributed by atoms with van der Waals surface area (Å²) in [6, 6.07) is 0. The molecule has 1 fully saturated rings. The normalized spacial score (nSPS) is 21.7. The van der Waals surface area contributed by atoms with E-state index in [4.69, 9.17) is 5.73 Å². The van der Waals surface area contributed by atoms with Crippen LogP contribution in [0.3, 0.4) is 0 Å². The van der Waals surface area contributed by atoms with Gasteiger partial charge in [-0.1, -0.05) is 12.8 Å². The zero-order chi connectivity index (χ0) is 10.8. The predicted molar refractivity (Wildman–Crippen MR) is 58.9 cm³/mol. The van der Waals surface area contributed by atoms with Gasteiger partial charge < -0.3 is 5.73 Å². The van der Waals surface area contributed by atoms with Crippen molar-refractivity contribution in [3.05, 3.63) is 0 Å². The summed E-state index contributed by atoms with van der Waals surface area (Å²) in [7, 11) is -2.90. The van der Waals surface area contributed by atoms with Gasteiger partial charge >= 0.3 is 0 Å². The minimum absolute atomic E-state index is 0.192. The molecule has 0 aromatic heterocycles. The molecule has 1 aliphatic rings. The third-order valence-corrected chi connectivity index (χ3v) is 5.41. The van der Waals surface area contributed by atoms with Gasteiger partial charge in [0.1, 0.15) is 0 Å². The van der Waals surface area contributed by atoms with Crippen molar-refractivity contribution in [3.63, 3.8) is 0 Å². The van der Waals surface area contributed by atoms with Crippen molar-refractivity contribution in [3.8, 4) is 0 Å². The number of sulfone groups is 1. The lowest BCUT2D eigenvalue weighted by Gasteiger charge is -2.23. The van der Waals surface area contributed by atoms with E-state index in [1.807, 2.05) is 0 Å². The van der Waals surface area contributed by atoms with Crippen molar-refractivity contribution in [2.24, 2.45) is 5.73 Å². The maximum Gasteiger partial charge on any atom is 0.152 e. The Morgan fingerprint density at radius 3 is 2.21 bits per heavy atom. The lowest BCUT2D eigenvalue weighted by atomic mass is 9.96. The second kappa shape index (κ2) is 4.19. The molecule has 0 heterocycles. The molecule has 0 aliphatic heterocycles. The van der Waals surface area contributed by atoms with Crippen LogP contribution in [-0.4, -0.2) is 25.0 Å². The monoisotopic (exact) mass is 219 g/mol. The lowest BCUT2D eigenvalue weighted by Crippen LogP contribution is -2.39. The van der Waals surface area contributed by atoms with Crippen LogP contribution in [0.1, 0.15) is 46.0 Å². The maximum atomic E-state index is 11.6. The van der Waals surface area contributed by atoms with E-state index in [1.54, 1.807) is 13.8 Å². The molecular formula is C10H21NO2S. The highest BCUT2D eigenvalue weighted by Gasteiger charge is 2.31. The van der Waals surface area contributed by atoms with Crippen LogP contribution in [0.15, 0.2) is 0 Å². The first-order valence-electron chi connectivity index (χ1n) is 5.36. The Morgan fingerprint density at radius 1 is 1.29 bits per heavy atom. The molecule has 0 aromatic carbocycles. The van der Waals surface area contributed by atoms with Gasteiger partial charge in [-0.3, -0.25) is 0 Å². The van der Waals surface area contributed by atoms with E-state index >= 15 is 0 Å². The van der Waals surface area contributed by atoms with Crippen LogP contribution in [0.2, 0.25) is 0 Å². The summed E-state index contributed by atoms with van der Waals surface area (Å²) in [5, 5.41) is -0.271. The van der Waals surface area contributed by atoms with E-state index in [0.29, 0.717) is 6.42 Å². The molecule has 0 aromatic rings. The van der Waals surface area contributed by atoms with E-state index in [0.717, 1.165) is 25.7 Å². The Kier molecular flexibility index (Phi) is 3.58. The Labute approximate surface area is 87.0 Å². The molecule has 0 saturated heterocycles. The summed E-state index contributed by atoms with van der Waals surface area (Å²) in [6.45, 7) is 3.46. The highest BCUT2D eigenvalue weighted by atomic mass is 32.2. The van der Waals surface area contributed by atoms with E-state index < -0.39 is 9.84 Å². The molecule has 0 atom stereocenters. The van der Waals surface area contributed by atoms with Gasteiger partial charge in [0.2, 0.25) is 0 Å². The molecule has 0 spiro atoms. The molecule has 3 nitrogen and oxygen atoms in total. The molecule has 0 amide bonds. The van der Waals surface area contributed by atoms with E-state index in [-0.39, 0.29) is 16.5 Å². The van der Waals surface area contributed by atoms with Gasteiger partial charge in [-0.25, -0.2) is 8.42 Å². The first-order chi connectivity index (χ1) is 6.36. The molecule has 4 heteroatoms. The van der Waals surface area contributed by atoms with Gasteiger partial charge in [0.05, 0.1) is 11.0 Å². The van der Waals surface area contributed by atoms with Crippen LogP contribution in [0.25, 0.3) is 0 Å². The van der Waals surface area contributed by atoms with Gasteiger partial charge in [-0.15, -0.1) is 0 Å². The van der Waals surface area contributed by atoms with Gasteiger partial charge in [-0.05, 0) is 33.1 Å². The standard InChI is InChI=1S/C10H21NO2S/c1-9(2)14(12,13)8-7-10(11)5-3-4-6-10/h9H,3-8,11H2,1-2H3. The van der Waals surface area contributed by atoms with Crippen molar-refractivity contribution >= 4 is 9.84 Å². The second-order valence-electron chi connectivity index (χ2n) is 4.74. The zero-order valence-corrected chi connectivity index (χ0v) is 9.94. The number of rotatable bonds is 4. The second-order valence-corrected chi connectivity index (χ2v) is 7.41. The highest BCUT2D eigenvalue weighted by molar-refractivity contribution is 7.91. The molecule has 0 bridgehead atoms. The van der Waals surface area contributed by atoms with E-state index in [1.165, 1.54) is 0 Å². The van der Waals surface area contributed by atoms with Crippen LogP contribution >= 0.6 is 0 Å². The van der Waals surface area contributed by atoms with Crippen molar-refractivity contribution in [2.75, 3.05) is 5.75 Å². The van der Waals surface area contributed by atoms with Crippen LogP contribution in [0.5, 0.6) is 0 Å². The quantitative estimate of drug-likeness (QED) is 0.779. The average Bonchev–Trinajstić information content (AvgIpc) is 2.50. The summed E-state index contributed by atoms with van der Waals surface area (Å²) < 4.78 is 23.1. The van der Waals surface area contributed by atoms with Gasteiger partial charge in [0.25, 0.3) is 0 Å². The van der Waals surface area contributed by atoms with Crippen molar-refractivity contribution in [2.45, 2.75) is 56.7 Å². The summed E-state index contributed by atoms with van der Waals surface area (Å²) in [4.78, 5) is 0. The summed E-state index contributed by atoms with van der Waals surface area (Å²) >= 11 is 0. The first kappa shape index (κ1) is 12.0. The van der Waals surface area contributed by atoms with Crippen LogP contribution in [0, 0.1) is 0 Å². The van der Waals surface area contributed by atoms with E-state index in [9.17, 15) is 8.42 Å². The van der Waals surface area contributed by atoms with Crippen LogP contribution in [0.4, 0.5) is 0 Å². The van der Waals surface area contributed by atoms with Crippen LogP contribution in [-0.2, 0) is 9.84 Å². The molecule has 2 N–H and O–H groups in total. The Bertz CT molecular complexity index is 276. The van der Waals surface area contributed by atoms with Crippen molar-refractivity contribution in [1.82, 2.24) is 0 Å². The summed E-state index contributed by atoms with van der Waals surface area (Å²) in [5.74, 6) is 0.251. The summed E-state index contributed by atoms with van der Waals surface area (Å²) in [6.07, 6.45) is 4.91. The van der Waals surface area contributed by atoms with Crippen LogP contribution < -0.4 is 5.73 Å². The van der Waals surface area contributed by atoms with Gasteiger partial charge in [0, 0.05) is 5.54 Å². The maximum absolute atomic E-state index is 11.6. The molecule has 0 unspecified atom stereocenters. The topological polar surface area (TPSA) is 60.2 Å². The smallest absolute Gasteiger partial charge is 0.152 e. The lowest BCUT2D eigenvalue weighted by molar-refractivity contribution is 0.422. The van der Waals surface area contributed by atoms with Crippen molar-refractivity contribution < 1.29 is 8.42 Å². The third-order valence-electron chi connectivity index (χ3n) is 3.20. The number of nitrogens with two attached hydrogens (primary N) is 1. The molecular weight excluding hydrogens is 198 g/mol. The SMILES string of the molecule is CC(C)S(=O)(=O)CCC1(N)CCCC1. The zero-order valence-electron chi connectivity index (χ0n) is 9.12. The van der Waals surface area contributed by atoms with Gasteiger partial charge in [-0.2, -0.15) is 0 Å². The summed E-state index contributed by atoms with van der Waals surface area (Å²) in [5.41, 5.74) is 5.91. The third kappa shape index (κ3) is 2.95. The molecule has 1 rings (SSSR count). The molecule has 1 saturated carbocycles. The largest absolute Gasteiger partial charge is 0.325 e. The minimum atomic E-state index is -2.90. The fraction of sp³-hybridized carbons (Fsp3) is 1.00. The number of hydrogen-bond acceptors (Lipinski definition) is 3. The molecule has 0 radical (unpaired) electrons. The Morgan fingerprint density at radius 2 is 1.79 bits per heavy atom. The van der Waals surface area contributed by atoms with E-state index in [2.05, 4.69) is 0 Å².